The SMILES string of the molecule is CSc1ncc2c(N3CCC(NC4CC4)CC3)ccc(C(=O)Nc3cn4cc(C)nc(C)c4n3)c2n1. The number of anilines is 2. The summed E-state index contributed by atoms with van der Waals surface area (Å²) < 4.78 is 1.89. The van der Waals surface area contributed by atoms with Crippen LogP contribution in [0, 0.1) is 13.8 Å². The zero-order valence-corrected chi connectivity index (χ0v) is 21.6. The van der Waals surface area contributed by atoms with Gasteiger partial charge in [0.1, 0.15) is 0 Å². The van der Waals surface area contributed by atoms with Gasteiger partial charge in [-0.05, 0) is 57.9 Å². The molecule has 0 radical (unpaired) electrons. The molecule has 0 bridgehead atoms. The summed E-state index contributed by atoms with van der Waals surface area (Å²) in [5.41, 5.74) is 4.70. The maximum absolute atomic E-state index is 13.4. The lowest BCUT2D eigenvalue weighted by molar-refractivity contribution is 0.102. The minimum absolute atomic E-state index is 0.240. The predicted molar refractivity (Wildman–Crippen MR) is 143 cm³/mol. The van der Waals surface area contributed by atoms with Crippen LogP contribution in [-0.4, -0.2) is 61.7 Å². The van der Waals surface area contributed by atoms with Gasteiger partial charge in [-0.3, -0.25) is 9.78 Å². The van der Waals surface area contributed by atoms with Gasteiger partial charge in [0.05, 0.1) is 28.7 Å². The van der Waals surface area contributed by atoms with Crippen LogP contribution in [-0.2, 0) is 0 Å². The summed E-state index contributed by atoms with van der Waals surface area (Å²) in [5.74, 6) is 0.243. The topological polar surface area (TPSA) is 100 Å². The van der Waals surface area contributed by atoms with E-state index in [2.05, 4.69) is 30.5 Å². The number of rotatable bonds is 6. The minimum atomic E-state index is -0.240. The Bertz CT molecular complexity index is 1460. The number of aryl methyl sites for hydroxylation is 2. The molecule has 4 aromatic rings. The van der Waals surface area contributed by atoms with E-state index in [1.807, 2.05) is 55.2 Å². The van der Waals surface area contributed by atoms with Crippen LogP contribution in [0.4, 0.5) is 11.5 Å². The van der Waals surface area contributed by atoms with Gasteiger partial charge in [-0.25, -0.2) is 15.0 Å². The molecule has 1 aromatic carbocycles. The fourth-order valence-corrected chi connectivity index (χ4v) is 5.41. The van der Waals surface area contributed by atoms with Gasteiger partial charge in [0.2, 0.25) is 0 Å². The molecule has 1 aliphatic carbocycles. The summed E-state index contributed by atoms with van der Waals surface area (Å²) in [6, 6.07) is 5.24. The molecule has 4 heterocycles. The zero-order valence-electron chi connectivity index (χ0n) is 20.8. The van der Waals surface area contributed by atoms with Crippen LogP contribution in [0.15, 0.2) is 35.9 Å². The first kappa shape index (κ1) is 23.2. The molecule has 0 atom stereocenters. The first-order valence-electron chi connectivity index (χ1n) is 12.5. The quantitative estimate of drug-likeness (QED) is 0.302. The smallest absolute Gasteiger partial charge is 0.259 e. The standard InChI is InChI=1S/C26H30N8OS/c1-15-13-34-14-22(30-24(34)16(2)28-15)31-25(35)19-6-7-21(20-12-27-26(36-3)32-23(19)20)33-10-8-18(9-11-33)29-17-4-5-17/h6-7,12-14,17-18,29H,4-5,8-11H2,1-3H3,(H,31,35). The highest BCUT2D eigenvalue weighted by Crippen LogP contribution is 2.32. The van der Waals surface area contributed by atoms with E-state index >= 15 is 0 Å². The minimum Gasteiger partial charge on any atom is -0.371 e. The van der Waals surface area contributed by atoms with Crippen LogP contribution in [0.25, 0.3) is 16.6 Å². The molecule has 186 valence electrons. The van der Waals surface area contributed by atoms with E-state index in [0.717, 1.165) is 60.1 Å². The largest absolute Gasteiger partial charge is 0.371 e. The molecule has 1 aliphatic heterocycles. The van der Waals surface area contributed by atoms with Crippen molar-refractivity contribution in [2.75, 3.05) is 29.6 Å². The van der Waals surface area contributed by atoms with Gasteiger partial charge in [0, 0.05) is 48.6 Å². The number of thioether (sulfide) groups is 1. The number of nitrogens with one attached hydrogen (secondary N) is 2. The molecule has 2 N–H and O–H groups in total. The van der Waals surface area contributed by atoms with Crippen molar-refractivity contribution in [3.05, 3.63) is 47.7 Å². The summed E-state index contributed by atoms with van der Waals surface area (Å²) >= 11 is 1.47. The number of amides is 1. The third-order valence-electron chi connectivity index (χ3n) is 6.98. The van der Waals surface area contributed by atoms with Crippen molar-refractivity contribution in [1.82, 2.24) is 29.7 Å². The molecule has 1 saturated carbocycles. The van der Waals surface area contributed by atoms with Crippen molar-refractivity contribution >= 4 is 45.7 Å². The average molecular weight is 503 g/mol. The third kappa shape index (κ3) is 4.51. The van der Waals surface area contributed by atoms with Crippen LogP contribution in [0.1, 0.15) is 47.4 Å². The highest BCUT2D eigenvalue weighted by Gasteiger charge is 2.28. The summed E-state index contributed by atoms with van der Waals surface area (Å²) in [6.45, 7) is 5.80. The number of hydrogen-bond acceptors (Lipinski definition) is 8. The summed E-state index contributed by atoms with van der Waals surface area (Å²) in [6.07, 6.45) is 12.4. The number of fused-ring (bicyclic) bond motifs is 2. The molecule has 2 fully saturated rings. The average Bonchev–Trinajstić information content (AvgIpc) is 3.60. The van der Waals surface area contributed by atoms with Crippen LogP contribution in [0.5, 0.6) is 0 Å². The van der Waals surface area contributed by atoms with Crippen LogP contribution < -0.4 is 15.5 Å². The van der Waals surface area contributed by atoms with Crippen LogP contribution in [0.2, 0.25) is 0 Å². The van der Waals surface area contributed by atoms with Gasteiger partial charge in [-0.15, -0.1) is 0 Å². The lowest BCUT2D eigenvalue weighted by Gasteiger charge is -2.34. The molecule has 10 heteroatoms. The maximum Gasteiger partial charge on any atom is 0.259 e. The summed E-state index contributed by atoms with van der Waals surface area (Å²) in [5, 5.41) is 8.27. The number of imidazole rings is 1. The van der Waals surface area contributed by atoms with Crippen LogP contribution >= 0.6 is 11.8 Å². The second kappa shape index (κ2) is 9.33. The fourth-order valence-electron chi connectivity index (χ4n) is 5.07. The Morgan fingerprint density at radius 2 is 1.81 bits per heavy atom. The molecule has 1 saturated heterocycles. The molecule has 6 rings (SSSR count). The van der Waals surface area contributed by atoms with Gasteiger partial charge in [-0.2, -0.15) is 0 Å². The van der Waals surface area contributed by atoms with E-state index in [4.69, 9.17) is 4.98 Å². The van der Waals surface area contributed by atoms with Crippen molar-refractivity contribution in [1.29, 1.82) is 0 Å². The van der Waals surface area contributed by atoms with Crippen molar-refractivity contribution in [2.24, 2.45) is 0 Å². The van der Waals surface area contributed by atoms with Crippen LogP contribution in [0.3, 0.4) is 0 Å². The lowest BCUT2D eigenvalue weighted by atomic mass is 10.0. The number of carbonyl (C=O) groups excluding carboxylic acids is 1. The molecule has 1 amide bonds. The lowest BCUT2D eigenvalue weighted by Crippen LogP contribution is -2.43. The van der Waals surface area contributed by atoms with Crippen molar-refractivity contribution in [3.8, 4) is 0 Å². The molecular formula is C26H30N8OS. The Balaban J connectivity index is 1.30. The van der Waals surface area contributed by atoms with Gasteiger partial charge < -0.3 is 19.9 Å². The number of carbonyl (C=O) groups is 1. The van der Waals surface area contributed by atoms with Crippen molar-refractivity contribution in [2.45, 2.75) is 56.8 Å². The third-order valence-corrected chi connectivity index (χ3v) is 7.55. The monoisotopic (exact) mass is 502 g/mol. The predicted octanol–water partition coefficient (Wildman–Crippen LogP) is 3.98. The number of benzene rings is 1. The second-order valence-corrected chi connectivity index (χ2v) is 10.5. The van der Waals surface area contributed by atoms with E-state index in [1.54, 1.807) is 0 Å². The highest BCUT2D eigenvalue weighted by molar-refractivity contribution is 7.98. The summed E-state index contributed by atoms with van der Waals surface area (Å²) in [4.78, 5) is 34.2. The number of hydrogen-bond donors (Lipinski definition) is 2. The van der Waals surface area contributed by atoms with Gasteiger partial charge in [0.25, 0.3) is 5.91 Å². The maximum atomic E-state index is 13.4. The molecule has 0 spiro atoms. The van der Waals surface area contributed by atoms with Crippen molar-refractivity contribution < 1.29 is 4.79 Å². The van der Waals surface area contributed by atoms with E-state index in [0.29, 0.717) is 28.1 Å². The Morgan fingerprint density at radius 3 is 2.56 bits per heavy atom. The van der Waals surface area contributed by atoms with Gasteiger partial charge >= 0.3 is 0 Å². The molecule has 9 nitrogen and oxygen atoms in total. The Kier molecular flexibility index (Phi) is 6.00. The number of nitrogens with zero attached hydrogens (tertiary/aromatic N) is 6. The fraction of sp³-hybridized carbons (Fsp3) is 0.423. The normalized spacial score (nSPS) is 16.7. The first-order chi connectivity index (χ1) is 17.5. The first-order valence-corrected chi connectivity index (χ1v) is 13.7. The van der Waals surface area contributed by atoms with Crippen molar-refractivity contribution in [3.63, 3.8) is 0 Å². The van der Waals surface area contributed by atoms with E-state index < -0.39 is 0 Å². The van der Waals surface area contributed by atoms with E-state index in [-0.39, 0.29) is 5.91 Å². The Labute approximate surface area is 214 Å². The zero-order chi connectivity index (χ0) is 24.8. The second-order valence-electron chi connectivity index (χ2n) is 9.73. The molecule has 36 heavy (non-hydrogen) atoms. The number of aromatic nitrogens is 5. The Morgan fingerprint density at radius 1 is 1.03 bits per heavy atom. The number of piperidine rings is 1. The molecule has 0 unspecified atom stereocenters. The Hall–Kier alpha value is -3.24. The molecule has 2 aliphatic rings. The highest BCUT2D eigenvalue weighted by atomic mass is 32.2. The summed E-state index contributed by atoms with van der Waals surface area (Å²) in [7, 11) is 0. The molecule has 3 aromatic heterocycles. The molecular weight excluding hydrogens is 472 g/mol. The van der Waals surface area contributed by atoms with E-state index in [9.17, 15) is 4.79 Å². The van der Waals surface area contributed by atoms with Gasteiger partial charge in [-0.1, -0.05) is 11.8 Å². The van der Waals surface area contributed by atoms with Gasteiger partial charge in [0.15, 0.2) is 16.6 Å². The van der Waals surface area contributed by atoms with E-state index in [1.165, 1.54) is 24.6 Å².